The third kappa shape index (κ3) is 5.55. The van der Waals surface area contributed by atoms with E-state index in [-0.39, 0.29) is 0 Å². The highest BCUT2D eigenvalue weighted by Crippen LogP contribution is 2.37. The number of pyridine rings is 1. The monoisotopic (exact) mass is 516 g/mol. The molecule has 4 aromatic rings. The molecule has 194 valence electrons. The summed E-state index contributed by atoms with van der Waals surface area (Å²) in [4.78, 5) is 11.9. The number of aryl methyl sites for hydroxylation is 2. The van der Waals surface area contributed by atoms with E-state index in [1.54, 1.807) is 18.4 Å². The molecule has 0 saturated carbocycles. The van der Waals surface area contributed by atoms with Crippen LogP contribution in [0.3, 0.4) is 0 Å². The molecule has 1 aliphatic rings. The van der Waals surface area contributed by atoms with Gasteiger partial charge in [-0.1, -0.05) is 30.9 Å². The van der Waals surface area contributed by atoms with E-state index >= 15 is 0 Å². The van der Waals surface area contributed by atoms with Crippen LogP contribution in [0.2, 0.25) is 0 Å². The number of nitrogens with one attached hydrogen (secondary N) is 2. The number of likely N-dealkylation sites (tertiary alicyclic amines) is 1. The Bertz CT molecular complexity index is 1390. The van der Waals surface area contributed by atoms with Crippen molar-refractivity contribution in [2.45, 2.75) is 46.0 Å². The number of aromatic nitrogens is 4. The molecule has 0 amide bonds. The van der Waals surface area contributed by atoms with Crippen molar-refractivity contribution in [1.29, 1.82) is 0 Å². The summed E-state index contributed by atoms with van der Waals surface area (Å²) in [6.07, 6.45) is 7.28. The molecule has 0 radical (unpaired) electrons. The van der Waals surface area contributed by atoms with Crippen LogP contribution in [0.25, 0.3) is 21.3 Å². The Hall–Kier alpha value is -3.23. The molecule has 3 aromatic heterocycles. The average molecular weight is 517 g/mol. The highest BCUT2D eigenvalue weighted by Gasteiger charge is 2.22. The number of ether oxygens (including phenoxy) is 1. The topological polar surface area (TPSA) is 79.0 Å². The molecular formula is C29H36N6OS. The van der Waals surface area contributed by atoms with Crippen LogP contribution >= 0.6 is 11.3 Å². The zero-order chi connectivity index (χ0) is 25.9. The van der Waals surface area contributed by atoms with Crippen LogP contribution in [0.4, 0.5) is 10.9 Å². The molecule has 0 aliphatic carbocycles. The van der Waals surface area contributed by atoms with Crippen LogP contribution in [0.1, 0.15) is 48.9 Å². The van der Waals surface area contributed by atoms with Gasteiger partial charge in [-0.25, -0.2) is 9.97 Å². The highest BCUT2D eigenvalue weighted by molar-refractivity contribution is 7.22. The first-order valence-electron chi connectivity index (χ1n) is 13.0. The minimum absolute atomic E-state index is 0.488. The number of anilines is 2. The van der Waals surface area contributed by atoms with E-state index in [2.05, 4.69) is 77.0 Å². The van der Waals surface area contributed by atoms with Gasteiger partial charge in [0.25, 0.3) is 0 Å². The largest absolute Gasteiger partial charge is 0.379 e. The molecule has 4 heterocycles. The maximum atomic E-state index is 5.34. The number of hydrogen-bond acceptors (Lipinski definition) is 7. The van der Waals surface area contributed by atoms with Gasteiger partial charge in [0.15, 0.2) is 5.13 Å². The minimum atomic E-state index is 0.488. The molecule has 8 heteroatoms. The molecule has 0 bridgehead atoms. The van der Waals surface area contributed by atoms with E-state index in [0.717, 1.165) is 52.9 Å². The summed E-state index contributed by atoms with van der Waals surface area (Å²) in [6.45, 7) is 13.4. The van der Waals surface area contributed by atoms with Gasteiger partial charge in [0.1, 0.15) is 5.82 Å². The van der Waals surface area contributed by atoms with Gasteiger partial charge < -0.3 is 15.0 Å². The Kier molecular flexibility index (Phi) is 7.58. The summed E-state index contributed by atoms with van der Waals surface area (Å²) in [5.41, 5.74) is 8.02. The number of benzene rings is 1. The van der Waals surface area contributed by atoms with E-state index in [0.29, 0.717) is 18.4 Å². The summed E-state index contributed by atoms with van der Waals surface area (Å²) < 4.78 is 6.52. The summed E-state index contributed by atoms with van der Waals surface area (Å²) in [5, 5.41) is 11.6. The zero-order valence-electron chi connectivity index (χ0n) is 22.2. The Morgan fingerprint density at radius 2 is 2.08 bits per heavy atom. The number of nitrogens with zero attached hydrogens (tertiary/aromatic N) is 4. The molecule has 2 N–H and O–H groups in total. The normalized spacial score (nSPS) is 18.5. The predicted octanol–water partition coefficient (Wildman–Crippen LogP) is 6.81. The van der Waals surface area contributed by atoms with Crippen LogP contribution in [0.15, 0.2) is 48.9 Å². The van der Waals surface area contributed by atoms with Gasteiger partial charge in [-0.15, -0.1) is 0 Å². The maximum Gasteiger partial charge on any atom is 0.189 e. The molecular weight excluding hydrogens is 480 g/mol. The van der Waals surface area contributed by atoms with Gasteiger partial charge in [0, 0.05) is 43.4 Å². The first-order chi connectivity index (χ1) is 17.9. The van der Waals surface area contributed by atoms with Crippen molar-refractivity contribution in [3.05, 3.63) is 65.8 Å². The molecule has 1 saturated heterocycles. The van der Waals surface area contributed by atoms with Crippen LogP contribution in [-0.4, -0.2) is 51.9 Å². The van der Waals surface area contributed by atoms with E-state index < -0.39 is 0 Å². The van der Waals surface area contributed by atoms with Gasteiger partial charge >= 0.3 is 0 Å². The van der Waals surface area contributed by atoms with Crippen molar-refractivity contribution in [2.75, 3.05) is 32.1 Å². The summed E-state index contributed by atoms with van der Waals surface area (Å²) in [5.74, 6) is 1.95. The van der Waals surface area contributed by atoms with Crippen molar-refractivity contribution in [2.24, 2.45) is 5.92 Å². The number of thiazole rings is 1. The van der Waals surface area contributed by atoms with Crippen molar-refractivity contribution in [1.82, 2.24) is 25.1 Å². The summed E-state index contributed by atoms with van der Waals surface area (Å²) in [6, 6.07) is 8.59. The fraction of sp³-hybridized carbons (Fsp3) is 0.414. The highest BCUT2D eigenvalue weighted by atomic mass is 32.1. The zero-order valence-corrected chi connectivity index (χ0v) is 23.0. The molecule has 1 fully saturated rings. The molecule has 37 heavy (non-hydrogen) atoms. The number of aromatic amines is 1. The lowest BCUT2D eigenvalue weighted by Gasteiger charge is -2.34. The molecule has 5 rings (SSSR count). The van der Waals surface area contributed by atoms with Gasteiger partial charge in [-0.2, -0.15) is 5.10 Å². The van der Waals surface area contributed by atoms with Gasteiger partial charge in [-0.05, 0) is 79.8 Å². The second kappa shape index (κ2) is 11.0. The van der Waals surface area contributed by atoms with E-state index in [1.807, 2.05) is 12.4 Å². The minimum Gasteiger partial charge on any atom is -0.379 e. The summed E-state index contributed by atoms with van der Waals surface area (Å²) >= 11 is 1.67. The second-order valence-electron chi connectivity index (χ2n) is 10.2. The van der Waals surface area contributed by atoms with Crippen molar-refractivity contribution < 1.29 is 4.74 Å². The van der Waals surface area contributed by atoms with Crippen LogP contribution in [0.5, 0.6) is 0 Å². The van der Waals surface area contributed by atoms with E-state index in [9.17, 15) is 0 Å². The van der Waals surface area contributed by atoms with Gasteiger partial charge in [0.2, 0.25) is 0 Å². The number of H-pyrrole nitrogens is 1. The molecule has 1 aromatic carbocycles. The van der Waals surface area contributed by atoms with E-state index in [4.69, 9.17) is 9.72 Å². The lowest BCUT2D eigenvalue weighted by molar-refractivity contribution is 0.170. The van der Waals surface area contributed by atoms with Crippen molar-refractivity contribution >= 4 is 32.5 Å². The van der Waals surface area contributed by atoms with Gasteiger partial charge in [0.05, 0.1) is 23.0 Å². The Morgan fingerprint density at radius 3 is 2.86 bits per heavy atom. The standard InChI is InChI=1S/C29H36N6OS/c1-18-6-7-22(11-13-35(16-18)19(2)17-36-5)23-10-12-30-27(14-23)33-29-32-26-9-8-24(20(3)28(26)37-29)25-15-31-34-21(25)4/h8-10,12,14-15,18,22H,2,6-7,11,13,16-17H2,1,3-5H3,(H,31,34)(H,30,32,33). The Labute approximate surface area is 223 Å². The predicted molar refractivity (Wildman–Crippen MR) is 153 cm³/mol. The van der Waals surface area contributed by atoms with Crippen LogP contribution < -0.4 is 5.32 Å². The third-order valence-corrected chi connectivity index (χ3v) is 8.57. The van der Waals surface area contributed by atoms with Crippen molar-refractivity contribution in [3.63, 3.8) is 0 Å². The molecule has 2 unspecified atom stereocenters. The molecule has 2 atom stereocenters. The fourth-order valence-corrected chi connectivity index (χ4v) is 6.32. The number of rotatable bonds is 7. The first kappa shape index (κ1) is 25.4. The number of fused-ring (bicyclic) bond motifs is 1. The van der Waals surface area contributed by atoms with Crippen LogP contribution in [-0.2, 0) is 4.74 Å². The SMILES string of the molecule is C=C(COC)N1CCC(c2ccnc(Nc3nc4ccc(-c5cn[nH]c5C)c(C)c4s3)c2)CCC(C)C1. The molecule has 7 nitrogen and oxygen atoms in total. The maximum absolute atomic E-state index is 5.34. The quantitative estimate of drug-likeness (QED) is 0.281. The Morgan fingerprint density at radius 1 is 1.22 bits per heavy atom. The first-order valence-corrected chi connectivity index (χ1v) is 13.8. The third-order valence-electron chi connectivity index (χ3n) is 7.46. The number of methoxy groups -OCH3 is 1. The molecule has 0 spiro atoms. The van der Waals surface area contributed by atoms with Gasteiger partial charge in [-0.3, -0.25) is 5.10 Å². The summed E-state index contributed by atoms with van der Waals surface area (Å²) in [7, 11) is 1.74. The molecule has 1 aliphatic heterocycles. The van der Waals surface area contributed by atoms with Crippen LogP contribution in [0, 0.1) is 19.8 Å². The fourth-order valence-electron chi connectivity index (χ4n) is 5.35. The number of hydrogen-bond donors (Lipinski definition) is 2. The lowest BCUT2D eigenvalue weighted by Crippen LogP contribution is -2.33. The van der Waals surface area contributed by atoms with E-state index in [1.165, 1.54) is 34.2 Å². The Balaban J connectivity index is 1.34. The lowest BCUT2D eigenvalue weighted by atomic mass is 9.86. The smallest absolute Gasteiger partial charge is 0.189 e. The average Bonchev–Trinajstić information content (AvgIpc) is 3.48. The van der Waals surface area contributed by atoms with Crippen molar-refractivity contribution in [3.8, 4) is 11.1 Å². The second-order valence-corrected chi connectivity index (χ2v) is 11.2.